The molecule has 1 aliphatic carbocycles. The molecule has 40 heavy (non-hydrogen) atoms. The van der Waals surface area contributed by atoms with Gasteiger partial charge in [0.1, 0.15) is 11.9 Å². The maximum Gasteiger partial charge on any atom is 0.326 e. The molecular formula is C31H39FN4O4. The van der Waals surface area contributed by atoms with Crippen molar-refractivity contribution in [1.82, 2.24) is 20.1 Å². The Morgan fingerprint density at radius 1 is 1.12 bits per heavy atom. The molecule has 3 aromatic rings. The molecule has 0 bridgehead atoms. The van der Waals surface area contributed by atoms with Crippen molar-refractivity contribution in [3.05, 3.63) is 81.2 Å². The van der Waals surface area contributed by atoms with Crippen molar-refractivity contribution in [2.24, 2.45) is 7.05 Å². The number of pyridine rings is 1. The van der Waals surface area contributed by atoms with Crippen molar-refractivity contribution in [3.8, 4) is 0 Å². The first-order valence-corrected chi connectivity index (χ1v) is 14.1. The summed E-state index contributed by atoms with van der Waals surface area (Å²) >= 11 is 0. The number of carboxylic acid groups (broad SMARTS) is 1. The number of hydrogen-bond donors (Lipinski definition) is 2. The van der Waals surface area contributed by atoms with Crippen LogP contribution in [-0.2, 0) is 42.3 Å². The molecule has 0 aliphatic heterocycles. The Balaban J connectivity index is 1.22. The van der Waals surface area contributed by atoms with E-state index in [1.165, 1.54) is 30.2 Å². The van der Waals surface area contributed by atoms with E-state index in [4.69, 9.17) is 9.72 Å². The Morgan fingerprint density at radius 2 is 1.93 bits per heavy atom. The Labute approximate surface area is 235 Å². The van der Waals surface area contributed by atoms with Crippen molar-refractivity contribution >= 4 is 11.9 Å². The second-order valence-electron chi connectivity index (χ2n) is 10.7. The van der Waals surface area contributed by atoms with E-state index in [1.54, 1.807) is 17.7 Å². The Bertz CT molecular complexity index is 1330. The third-order valence-electron chi connectivity index (χ3n) is 7.42. The fourth-order valence-electron chi connectivity index (χ4n) is 5.31. The number of nitrogens with one attached hydrogen (secondary N) is 1. The van der Waals surface area contributed by atoms with Crippen LogP contribution in [0.25, 0.3) is 0 Å². The Hall–Kier alpha value is -3.59. The molecule has 0 spiro atoms. The van der Waals surface area contributed by atoms with Gasteiger partial charge in [-0.1, -0.05) is 12.1 Å². The topological polar surface area (TPSA) is 106 Å². The molecule has 2 heterocycles. The third kappa shape index (κ3) is 7.75. The van der Waals surface area contributed by atoms with Crippen LogP contribution in [0.2, 0.25) is 0 Å². The van der Waals surface area contributed by atoms with Crippen LogP contribution < -0.4 is 5.32 Å². The summed E-state index contributed by atoms with van der Waals surface area (Å²) in [5.74, 6) is -2.61. The second kappa shape index (κ2) is 13.7. The molecule has 214 valence electrons. The predicted molar refractivity (Wildman–Crippen MR) is 150 cm³/mol. The fourth-order valence-corrected chi connectivity index (χ4v) is 5.31. The number of ether oxygens (including phenoxy) is 1. The van der Waals surface area contributed by atoms with Crippen LogP contribution in [0.4, 0.5) is 4.39 Å². The lowest BCUT2D eigenvalue weighted by Crippen LogP contribution is -2.42. The first kappa shape index (κ1) is 29.4. The highest BCUT2D eigenvalue weighted by atomic mass is 19.1. The van der Waals surface area contributed by atoms with Gasteiger partial charge in [0.25, 0.3) is 5.91 Å². The molecule has 1 unspecified atom stereocenters. The van der Waals surface area contributed by atoms with E-state index >= 15 is 0 Å². The van der Waals surface area contributed by atoms with Gasteiger partial charge in [-0.25, -0.2) is 9.18 Å². The molecule has 2 aromatic heterocycles. The number of carbonyl (C=O) groups is 2. The van der Waals surface area contributed by atoms with Crippen LogP contribution in [0.5, 0.6) is 0 Å². The number of carbonyl (C=O) groups excluding carboxylic acids is 1. The number of aryl methyl sites for hydroxylation is 6. The van der Waals surface area contributed by atoms with Crippen molar-refractivity contribution in [3.63, 3.8) is 0 Å². The zero-order chi connectivity index (χ0) is 28.6. The van der Waals surface area contributed by atoms with E-state index in [0.717, 1.165) is 49.2 Å². The van der Waals surface area contributed by atoms with Gasteiger partial charge in [0.2, 0.25) is 0 Å². The van der Waals surface area contributed by atoms with Gasteiger partial charge in [0.15, 0.2) is 0 Å². The number of benzene rings is 1. The van der Waals surface area contributed by atoms with E-state index in [9.17, 15) is 19.1 Å². The number of aromatic nitrogens is 3. The average molecular weight is 551 g/mol. The number of nitrogens with zero attached hydrogens (tertiary/aromatic N) is 3. The molecule has 1 aliphatic rings. The van der Waals surface area contributed by atoms with Crippen molar-refractivity contribution in [1.29, 1.82) is 0 Å². The van der Waals surface area contributed by atoms with E-state index in [1.807, 2.05) is 20.0 Å². The quantitative estimate of drug-likeness (QED) is 0.300. The molecule has 8 nitrogen and oxygen atoms in total. The van der Waals surface area contributed by atoms with Gasteiger partial charge in [-0.3, -0.25) is 14.5 Å². The molecule has 2 N–H and O–H groups in total. The van der Waals surface area contributed by atoms with Gasteiger partial charge in [-0.2, -0.15) is 5.10 Å². The summed E-state index contributed by atoms with van der Waals surface area (Å²) in [6.45, 7) is 4.21. The van der Waals surface area contributed by atoms with Gasteiger partial charge >= 0.3 is 5.97 Å². The van der Waals surface area contributed by atoms with E-state index in [0.29, 0.717) is 24.2 Å². The highest BCUT2D eigenvalue weighted by Crippen LogP contribution is 2.21. The lowest BCUT2D eigenvalue weighted by atomic mass is 9.95. The fraction of sp³-hybridized carbons (Fsp3) is 0.484. The predicted octanol–water partition coefficient (Wildman–Crippen LogP) is 4.65. The van der Waals surface area contributed by atoms with Gasteiger partial charge < -0.3 is 15.2 Å². The number of aliphatic carboxylic acids is 1. The maximum absolute atomic E-state index is 15.0. The van der Waals surface area contributed by atoms with Crippen LogP contribution in [-0.4, -0.2) is 51.0 Å². The zero-order valence-corrected chi connectivity index (χ0v) is 23.6. The van der Waals surface area contributed by atoms with Crippen LogP contribution in [0.1, 0.15) is 81.9 Å². The summed E-state index contributed by atoms with van der Waals surface area (Å²) in [7, 11) is 1.83. The average Bonchev–Trinajstić information content (AvgIpc) is 3.22. The summed E-state index contributed by atoms with van der Waals surface area (Å²) < 4.78 is 22.4. The van der Waals surface area contributed by atoms with Crippen LogP contribution in [0, 0.1) is 19.7 Å². The van der Waals surface area contributed by atoms with Crippen LogP contribution in [0.3, 0.4) is 0 Å². The first-order chi connectivity index (χ1) is 19.2. The lowest BCUT2D eigenvalue weighted by Gasteiger charge is -2.17. The Morgan fingerprint density at radius 3 is 2.65 bits per heavy atom. The molecule has 4 rings (SSSR count). The molecule has 0 saturated carbocycles. The van der Waals surface area contributed by atoms with Crippen molar-refractivity contribution in [2.75, 3.05) is 13.2 Å². The summed E-state index contributed by atoms with van der Waals surface area (Å²) in [4.78, 5) is 29.4. The summed E-state index contributed by atoms with van der Waals surface area (Å²) in [5, 5.41) is 16.4. The minimum Gasteiger partial charge on any atom is -0.480 e. The zero-order valence-electron chi connectivity index (χ0n) is 23.6. The van der Waals surface area contributed by atoms with Crippen molar-refractivity contribution in [2.45, 2.75) is 77.7 Å². The van der Waals surface area contributed by atoms with E-state index in [-0.39, 0.29) is 18.6 Å². The van der Waals surface area contributed by atoms with Crippen molar-refractivity contribution < 1.29 is 23.8 Å². The van der Waals surface area contributed by atoms with E-state index < -0.39 is 23.7 Å². The summed E-state index contributed by atoms with van der Waals surface area (Å²) in [5.41, 5.74) is 6.54. The number of halogens is 1. The molecule has 9 heteroatoms. The minimum absolute atomic E-state index is 0.0893. The van der Waals surface area contributed by atoms with Gasteiger partial charge in [-0.15, -0.1) is 0 Å². The van der Waals surface area contributed by atoms with Crippen LogP contribution >= 0.6 is 0 Å². The summed E-state index contributed by atoms with van der Waals surface area (Å²) in [6.07, 6.45) is 7.85. The molecule has 1 aromatic carbocycles. The largest absolute Gasteiger partial charge is 0.480 e. The Kier molecular flexibility index (Phi) is 10.0. The normalized spacial score (nSPS) is 13.6. The number of carboxylic acids is 1. The second-order valence-corrected chi connectivity index (χ2v) is 10.7. The molecule has 0 radical (unpaired) electrons. The molecule has 0 fully saturated rings. The highest BCUT2D eigenvalue weighted by molar-refractivity contribution is 5.98. The maximum atomic E-state index is 15.0. The number of unbranched alkanes of at least 4 members (excludes halogenated alkanes) is 1. The van der Waals surface area contributed by atoms with Gasteiger partial charge in [-0.05, 0) is 93.7 Å². The summed E-state index contributed by atoms with van der Waals surface area (Å²) in [6, 6.07) is 8.15. The lowest BCUT2D eigenvalue weighted by molar-refractivity contribution is -0.139. The highest BCUT2D eigenvalue weighted by Gasteiger charge is 2.24. The SMILES string of the molecule is Cc1cc(Cc2cc(C)c(C(=O)NC(CCOCCCCc3ccc4c(n3)CCCC4)C(=O)O)c(F)c2)n(C)n1. The third-order valence-corrected chi connectivity index (χ3v) is 7.42. The molecule has 0 saturated heterocycles. The standard InChI is InChI=1S/C31H39FN4O4/c1-20-16-22(18-25-17-21(2)35-36(25)3)19-26(32)29(20)30(37)34-28(31(38)39)13-15-40-14-7-6-9-24-12-11-23-8-4-5-10-27(23)33-24/h11-12,16-17,19,28H,4-10,13-15,18H2,1-3H3,(H,34,37)(H,38,39). The number of hydrogen-bond acceptors (Lipinski definition) is 5. The molecular weight excluding hydrogens is 511 g/mol. The van der Waals surface area contributed by atoms with E-state index in [2.05, 4.69) is 22.5 Å². The minimum atomic E-state index is -1.18. The smallest absolute Gasteiger partial charge is 0.326 e. The number of fused-ring (bicyclic) bond motifs is 1. The molecule has 1 atom stereocenters. The monoisotopic (exact) mass is 550 g/mol. The number of rotatable bonds is 13. The number of amides is 1. The van der Waals surface area contributed by atoms with Crippen LogP contribution in [0.15, 0.2) is 30.3 Å². The first-order valence-electron chi connectivity index (χ1n) is 14.1. The van der Waals surface area contributed by atoms with Gasteiger partial charge in [0, 0.05) is 50.2 Å². The van der Waals surface area contributed by atoms with Gasteiger partial charge in [0.05, 0.1) is 11.3 Å². The molecule has 1 amide bonds.